The molecule has 0 radical (unpaired) electrons. The zero-order valence-corrected chi connectivity index (χ0v) is 24.8. The number of nitrogens with one attached hydrogen (secondary N) is 2. The quantitative estimate of drug-likeness (QED) is 0.179. The maximum Gasteiger partial charge on any atom is 0.255 e. The number of likely N-dealkylation sites (N-methyl/N-ethyl adjacent to an activating group) is 1. The first-order chi connectivity index (χ1) is 19.3. The number of nitrogens with two attached hydrogens (primary N) is 1. The SMILES string of the molecule is CN(C)c1cc(NC(=O)CNC(C)(C)C)c(O)c2c1C[C@H]1C[C@@H]3[C@H](N(C)C)C(=O)C(C(N)=O)=C(O)[C@@]3(O)C(=O)C1=C2O. The lowest BCUT2D eigenvalue weighted by molar-refractivity contribution is -0.153. The fourth-order valence-electron chi connectivity index (χ4n) is 6.33. The van der Waals surface area contributed by atoms with Gasteiger partial charge in [0.1, 0.15) is 22.8 Å². The number of carbonyl (C=O) groups is 4. The highest BCUT2D eigenvalue weighted by Crippen LogP contribution is 2.54. The van der Waals surface area contributed by atoms with Crippen LogP contribution in [0.4, 0.5) is 11.4 Å². The zero-order chi connectivity index (χ0) is 31.6. The molecule has 2 amide bonds. The fraction of sp³-hybridized carbons (Fsp3) is 0.517. The summed E-state index contributed by atoms with van der Waals surface area (Å²) in [7, 11) is 6.58. The van der Waals surface area contributed by atoms with Gasteiger partial charge in [0.05, 0.1) is 23.8 Å². The molecule has 1 aromatic rings. The second-order valence-electron chi connectivity index (χ2n) is 12.7. The normalized spacial score (nSPS) is 25.7. The van der Waals surface area contributed by atoms with Crippen LogP contribution >= 0.6 is 0 Å². The van der Waals surface area contributed by atoms with E-state index in [0.717, 1.165) is 0 Å². The molecular weight excluding hydrogens is 546 g/mol. The number of ketones is 2. The minimum absolute atomic E-state index is 0.00158. The molecule has 0 saturated heterocycles. The molecule has 4 atom stereocenters. The molecule has 1 saturated carbocycles. The minimum Gasteiger partial charge on any atom is -0.508 e. The Balaban J connectivity index is 1.89. The van der Waals surface area contributed by atoms with E-state index in [9.17, 15) is 39.6 Å². The Hall–Kier alpha value is -3.94. The molecule has 13 heteroatoms. The number of aliphatic hydroxyl groups excluding tert-OH is 2. The van der Waals surface area contributed by atoms with Gasteiger partial charge in [-0.3, -0.25) is 24.1 Å². The van der Waals surface area contributed by atoms with Crippen LogP contribution in [0.15, 0.2) is 23.0 Å². The number of phenols is 1. The number of Topliss-reactive ketones (excluding diaryl/α,β-unsaturated/α-hetero) is 2. The highest BCUT2D eigenvalue weighted by molar-refractivity contribution is 6.24. The van der Waals surface area contributed by atoms with Crippen LogP contribution in [0.1, 0.15) is 38.3 Å². The molecule has 3 aliphatic rings. The lowest BCUT2D eigenvalue weighted by Gasteiger charge is -2.50. The van der Waals surface area contributed by atoms with Gasteiger partial charge in [-0.05, 0) is 65.3 Å². The molecule has 0 unspecified atom stereocenters. The molecule has 13 nitrogen and oxygen atoms in total. The van der Waals surface area contributed by atoms with Gasteiger partial charge in [-0.25, -0.2) is 0 Å². The smallest absolute Gasteiger partial charge is 0.255 e. The van der Waals surface area contributed by atoms with E-state index in [1.54, 1.807) is 39.2 Å². The van der Waals surface area contributed by atoms with Crippen molar-refractivity contribution in [3.63, 3.8) is 0 Å². The van der Waals surface area contributed by atoms with Crippen molar-refractivity contribution in [1.82, 2.24) is 10.2 Å². The van der Waals surface area contributed by atoms with Crippen LogP contribution in [0, 0.1) is 11.8 Å². The van der Waals surface area contributed by atoms with Crippen LogP contribution in [-0.2, 0) is 25.6 Å². The number of primary amides is 1. The Morgan fingerprint density at radius 1 is 1.12 bits per heavy atom. The number of aromatic hydroxyl groups is 1. The fourth-order valence-corrected chi connectivity index (χ4v) is 6.33. The van der Waals surface area contributed by atoms with Gasteiger partial charge in [0, 0.05) is 36.8 Å². The zero-order valence-electron chi connectivity index (χ0n) is 24.8. The molecule has 1 aromatic carbocycles. The van der Waals surface area contributed by atoms with Crippen molar-refractivity contribution < 1.29 is 39.6 Å². The van der Waals surface area contributed by atoms with Gasteiger partial charge < -0.3 is 41.7 Å². The first-order valence-electron chi connectivity index (χ1n) is 13.6. The lowest BCUT2D eigenvalue weighted by atomic mass is 9.57. The van der Waals surface area contributed by atoms with Crippen LogP contribution in [-0.4, -0.2) is 101 Å². The van der Waals surface area contributed by atoms with Gasteiger partial charge in [0.2, 0.25) is 11.7 Å². The summed E-state index contributed by atoms with van der Waals surface area (Å²) in [6.07, 6.45) is 0.117. The number of nitrogens with zero attached hydrogens (tertiary/aromatic N) is 2. The van der Waals surface area contributed by atoms with Crippen molar-refractivity contribution in [1.29, 1.82) is 0 Å². The molecule has 0 heterocycles. The average Bonchev–Trinajstić information content (AvgIpc) is 2.85. The molecule has 3 aliphatic carbocycles. The van der Waals surface area contributed by atoms with Crippen LogP contribution < -0.4 is 21.3 Å². The summed E-state index contributed by atoms with van der Waals surface area (Å²) < 4.78 is 0. The summed E-state index contributed by atoms with van der Waals surface area (Å²) >= 11 is 0. The van der Waals surface area contributed by atoms with Crippen LogP contribution in [0.5, 0.6) is 5.75 Å². The molecule has 1 fully saturated rings. The van der Waals surface area contributed by atoms with E-state index in [1.165, 1.54) is 4.90 Å². The van der Waals surface area contributed by atoms with Crippen molar-refractivity contribution >= 4 is 40.5 Å². The van der Waals surface area contributed by atoms with Gasteiger partial charge in [0.15, 0.2) is 11.4 Å². The van der Waals surface area contributed by atoms with E-state index >= 15 is 0 Å². The number of phenolic OH excluding ortho intramolecular Hbond substituents is 1. The summed E-state index contributed by atoms with van der Waals surface area (Å²) in [5.41, 5.74) is 2.11. The van der Waals surface area contributed by atoms with Gasteiger partial charge in [-0.2, -0.15) is 0 Å². The predicted octanol–water partition coefficient (Wildman–Crippen LogP) is 0.357. The van der Waals surface area contributed by atoms with Crippen molar-refractivity contribution in [2.45, 2.75) is 50.8 Å². The summed E-state index contributed by atoms with van der Waals surface area (Å²) in [5, 5.41) is 51.3. The Morgan fingerprint density at radius 2 is 1.74 bits per heavy atom. The number of fused-ring (bicyclic) bond motifs is 3. The summed E-state index contributed by atoms with van der Waals surface area (Å²) in [5.74, 6) is -7.79. The standard InChI is InChI=1S/C29H39N5O8/c1-28(2,3)31-11-17(35)32-15-10-16(33(4)5)13-8-12-9-14-21(34(6)7)24(38)20(27(30)41)26(40)29(14,42)25(39)18(12)23(37)19(13)22(15)36/h10,12,14,21,31,36-37,40,42H,8-9,11H2,1-7H3,(H2,30,41)(H,32,35)/t12-,14+,21-,29-/m0/s1. The second-order valence-corrected chi connectivity index (χ2v) is 12.7. The Kier molecular flexibility index (Phi) is 7.68. The van der Waals surface area contributed by atoms with E-state index in [2.05, 4.69) is 10.6 Å². The third-order valence-electron chi connectivity index (χ3n) is 8.23. The summed E-state index contributed by atoms with van der Waals surface area (Å²) in [4.78, 5) is 55.3. The van der Waals surface area contributed by atoms with E-state index in [0.29, 0.717) is 11.3 Å². The molecule has 0 bridgehead atoms. The van der Waals surface area contributed by atoms with E-state index < -0.39 is 69.7 Å². The van der Waals surface area contributed by atoms with Crippen molar-refractivity contribution in [3.8, 4) is 5.75 Å². The predicted molar refractivity (Wildman–Crippen MR) is 155 cm³/mol. The largest absolute Gasteiger partial charge is 0.508 e. The number of anilines is 2. The maximum absolute atomic E-state index is 14.0. The number of amides is 2. The maximum atomic E-state index is 14.0. The molecule has 0 spiro atoms. The molecule has 8 N–H and O–H groups in total. The van der Waals surface area contributed by atoms with E-state index in [-0.39, 0.29) is 41.7 Å². The Labute approximate surface area is 243 Å². The third-order valence-corrected chi connectivity index (χ3v) is 8.23. The molecule has 0 aromatic heterocycles. The Morgan fingerprint density at radius 3 is 2.26 bits per heavy atom. The number of hydrogen-bond donors (Lipinski definition) is 7. The highest BCUT2D eigenvalue weighted by Gasteiger charge is 2.64. The second kappa shape index (κ2) is 10.4. The number of carbonyl (C=O) groups excluding carboxylic acids is 4. The van der Waals surface area contributed by atoms with Crippen molar-refractivity contribution in [3.05, 3.63) is 34.1 Å². The first-order valence-corrected chi connectivity index (χ1v) is 13.6. The van der Waals surface area contributed by atoms with Crippen LogP contribution in [0.25, 0.3) is 5.76 Å². The summed E-state index contributed by atoms with van der Waals surface area (Å²) in [6, 6.07) is 0.409. The van der Waals surface area contributed by atoms with Crippen LogP contribution in [0.2, 0.25) is 0 Å². The van der Waals surface area contributed by atoms with Gasteiger partial charge in [-0.15, -0.1) is 0 Å². The van der Waals surface area contributed by atoms with Crippen molar-refractivity contribution in [2.24, 2.45) is 17.6 Å². The monoisotopic (exact) mass is 585 g/mol. The topological polar surface area (TPSA) is 206 Å². The van der Waals surface area contributed by atoms with E-state index in [1.807, 2.05) is 20.8 Å². The van der Waals surface area contributed by atoms with Gasteiger partial charge in [0.25, 0.3) is 5.91 Å². The molecule has 4 rings (SSSR count). The van der Waals surface area contributed by atoms with Crippen LogP contribution in [0.3, 0.4) is 0 Å². The van der Waals surface area contributed by atoms with Crippen molar-refractivity contribution in [2.75, 3.05) is 45.0 Å². The third kappa shape index (κ3) is 4.80. The van der Waals surface area contributed by atoms with Gasteiger partial charge >= 0.3 is 0 Å². The first kappa shape index (κ1) is 31.0. The lowest BCUT2D eigenvalue weighted by Crippen LogP contribution is -2.65. The highest BCUT2D eigenvalue weighted by atomic mass is 16.3. The summed E-state index contributed by atoms with van der Waals surface area (Å²) in [6.45, 7) is 5.62. The average molecular weight is 586 g/mol. The molecule has 0 aliphatic heterocycles. The molecule has 42 heavy (non-hydrogen) atoms. The molecule has 228 valence electrons. The number of benzene rings is 1. The molecular formula is C29H39N5O8. The minimum atomic E-state index is -2.73. The Bertz CT molecular complexity index is 1450. The number of aliphatic hydroxyl groups is 3. The van der Waals surface area contributed by atoms with Gasteiger partial charge in [-0.1, -0.05) is 0 Å². The number of rotatable bonds is 6. The number of hydrogen-bond acceptors (Lipinski definition) is 11. The van der Waals surface area contributed by atoms with E-state index in [4.69, 9.17) is 5.73 Å².